The van der Waals surface area contributed by atoms with Gasteiger partial charge < -0.3 is 18.6 Å². The molecule has 1 aromatic heterocycles. The number of ether oxygens (including phenoxy) is 3. The van der Waals surface area contributed by atoms with E-state index in [4.69, 9.17) is 18.6 Å². The molecular formula is C21H24O4. The summed E-state index contributed by atoms with van der Waals surface area (Å²) in [6, 6.07) is 11.7. The van der Waals surface area contributed by atoms with Gasteiger partial charge in [0.15, 0.2) is 5.76 Å². The van der Waals surface area contributed by atoms with Crippen molar-refractivity contribution in [2.75, 3.05) is 20.8 Å². The summed E-state index contributed by atoms with van der Waals surface area (Å²) < 4.78 is 22.6. The van der Waals surface area contributed by atoms with Gasteiger partial charge in [-0.1, -0.05) is 24.1 Å². The van der Waals surface area contributed by atoms with Gasteiger partial charge in [-0.15, -0.1) is 0 Å². The standard InChI is InChI=1S/C21H24O4/c1-22-17-11-13-21(23-2,14-12-17)19-9-3-4-10-20(19)25-16-6-8-18-7-5-15-24-18/h3-5,7,9-10,15,17H,11-14,16H2,1-2H3. The van der Waals surface area contributed by atoms with Crippen molar-refractivity contribution in [2.45, 2.75) is 37.4 Å². The Kier molecular flexibility index (Phi) is 5.80. The van der Waals surface area contributed by atoms with Crippen molar-refractivity contribution in [1.82, 2.24) is 0 Å². The fourth-order valence-electron chi connectivity index (χ4n) is 3.43. The highest BCUT2D eigenvalue weighted by Crippen LogP contribution is 2.44. The predicted molar refractivity (Wildman–Crippen MR) is 95.5 cm³/mol. The fraction of sp³-hybridized carbons (Fsp3) is 0.429. The van der Waals surface area contributed by atoms with Crippen molar-refractivity contribution in [3.05, 3.63) is 54.0 Å². The number of furan rings is 1. The van der Waals surface area contributed by atoms with E-state index in [0.717, 1.165) is 37.0 Å². The maximum absolute atomic E-state index is 5.98. The molecule has 0 bridgehead atoms. The third-order valence-corrected chi connectivity index (χ3v) is 4.87. The van der Waals surface area contributed by atoms with Gasteiger partial charge in [0.25, 0.3) is 0 Å². The van der Waals surface area contributed by atoms with Crippen LogP contribution in [-0.2, 0) is 15.1 Å². The minimum absolute atomic E-state index is 0.304. The van der Waals surface area contributed by atoms with Crippen LogP contribution in [0, 0.1) is 11.8 Å². The Hall–Kier alpha value is -2.22. The van der Waals surface area contributed by atoms with Gasteiger partial charge in [0.1, 0.15) is 12.4 Å². The first kappa shape index (κ1) is 17.6. The van der Waals surface area contributed by atoms with Gasteiger partial charge in [0, 0.05) is 19.8 Å². The van der Waals surface area contributed by atoms with Crippen molar-refractivity contribution in [3.63, 3.8) is 0 Å². The van der Waals surface area contributed by atoms with Gasteiger partial charge >= 0.3 is 0 Å². The van der Waals surface area contributed by atoms with Gasteiger partial charge in [-0.3, -0.25) is 0 Å². The molecule has 132 valence electrons. The summed E-state index contributed by atoms with van der Waals surface area (Å²) in [6.45, 7) is 0.304. The SMILES string of the molecule is COC1CCC(OC)(c2ccccc2OCC#Cc2ccco2)CC1. The molecule has 2 aromatic rings. The molecule has 4 nitrogen and oxygen atoms in total. The monoisotopic (exact) mass is 340 g/mol. The fourth-order valence-corrected chi connectivity index (χ4v) is 3.43. The Bertz CT molecular complexity index is 716. The molecule has 0 N–H and O–H groups in total. The summed E-state index contributed by atoms with van der Waals surface area (Å²) in [7, 11) is 3.56. The van der Waals surface area contributed by atoms with E-state index >= 15 is 0 Å². The molecule has 25 heavy (non-hydrogen) atoms. The summed E-state index contributed by atoms with van der Waals surface area (Å²) in [5, 5.41) is 0. The summed E-state index contributed by atoms with van der Waals surface area (Å²) >= 11 is 0. The maximum Gasteiger partial charge on any atom is 0.176 e. The number of hydrogen-bond acceptors (Lipinski definition) is 4. The summed E-state index contributed by atoms with van der Waals surface area (Å²) in [4.78, 5) is 0. The molecule has 0 saturated heterocycles. The molecule has 1 aromatic carbocycles. The second-order valence-electron chi connectivity index (χ2n) is 6.20. The first-order chi connectivity index (χ1) is 12.3. The highest BCUT2D eigenvalue weighted by Gasteiger charge is 2.39. The minimum Gasteiger partial charge on any atom is -0.481 e. The molecule has 4 heteroatoms. The molecule has 0 spiro atoms. The van der Waals surface area contributed by atoms with Crippen LogP contribution in [0.5, 0.6) is 5.75 Å². The average molecular weight is 340 g/mol. The molecule has 1 heterocycles. The topological polar surface area (TPSA) is 40.8 Å². The number of rotatable bonds is 5. The van der Waals surface area contributed by atoms with Crippen LogP contribution in [0.4, 0.5) is 0 Å². The van der Waals surface area contributed by atoms with Crippen LogP contribution < -0.4 is 4.74 Å². The summed E-state index contributed by atoms with van der Waals surface area (Å²) in [5.41, 5.74) is 0.770. The van der Waals surface area contributed by atoms with Crippen molar-refractivity contribution in [3.8, 4) is 17.6 Å². The van der Waals surface area contributed by atoms with Crippen LogP contribution in [0.2, 0.25) is 0 Å². The third-order valence-electron chi connectivity index (χ3n) is 4.87. The van der Waals surface area contributed by atoms with Gasteiger partial charge in [-0.25, -0.2) is 0 Å². The first-order valence-corrected chi connectivity index (χ1v) is 8.60. The van der Waals surface area contributed by atoms with E-state index in [9.17, 15) is 0 Å². The van der Waals surface area contributed by atoms with Crippen LogP contribution in [0.3, 0.4) is 0 Å². The van der Waals surface area contributed by atoms with E-state index in [2.05, 4.69) is 17.9 Å². The Morgan fingerprint density at radius 2 is 1.92 bits per heavy atom. The van der Waals surface area contributed by atoms with E-state index in [0.29, 0.717) is 18.5 Å². The molecular weight excluding hydrogens is 316 g/mol. The molecule has 1 aliphatic carbocycles. The van der Waals surface area contributed by atoms with E-state index in [1.165, 1.54) is 0 Å². The number of para-hydroxylation sites is 1. The first-order valence-electron chi connectivity index (χ1n) is 8.60. The lowest BCUT2D eigenvalue weighted by Gasteiger charge is -2.39. The lowest BCUT2D eigenvalue weighted by molar-refractivity contribution is -0.0773. The minimum atomic E-state index is -0.319. The van der Waals surface area contributed by atoms with Crippen molar-refractivity contribution in [1.29, 1.82) is 0 Å². The second-order valence-corrected chi connectivity index (χ2v) is 6.20. The van der Waals surface area contributed by atoms with E-state index in [-0.39, 0.29) is 5.60 Å². The Morgan fingerprint density at radius 3 is 2.60 bits per heavy atom. The van der Waals surface area contributed by atoms with Crippen LogP contribution in [-0.4, -0.2) is 26.9 Å². The molecule has 3 rings (SSSR count). The van der Waals surface area contributed by atoms with Crippen LogP contribution in [0.15, 0.2) is 47.1 Å². The van der Waals surface area contributed by atoms with Crippen molar-refractivity contribution in [2.24, 2.45) is 0 Å². The van der Waals surface area contributed by atoms with Gasteiger partial charge in [-0.2, -0.15) is 0 Å². The Morgan fingerprint density at radius 1 is 1.12 bits per heavy atom. The summed E-state index contributed by atoms with van der Waals surface area (Å²) in [6.07, 6.45) is 5.73. The van der Waals surface area contributed by atoms with Crippen LogP contribution in [0.25, 0.3) is 0 Å². The van der Waals surface area contributed by atoms with E-state index in [1.807, 2.05) is 30.3 Å². The molecule has 0 unspecified atom stereocenters. The lowest BCUT2D eigenvalue weighted by atomic mass is 9.78. The number of hydrogen-bond donors (Lipinski definition) is 0. The van der Waals surface area contributed by atoms with Gasteiger partial charge in [-0.05, 0) is 49.8 Å². The smallest absolute Gasteiger partial charge is 0.176 e. The Balaban J connectivity index is 1.73. The Labute approximate surface area is 149 Å². The zero-order valence-electron chi connectivity index (χ0n) is 14.8. The summed E-state index contributed by atoms with van der Waals surface area (Å²) in [5.74, 6) is 7.40. The highest BCUT2D eigenvalue weighted by atomic mass is 16.5. The predicted octanol–water partition coefficient (Wildman–Crippen LogP) is 4.14. The maximum atomic E-state index is 5.98. The normalized spacial score (nSPS) is 22.9. The van der Waals surface area contributed by atoms with Crippen LogP contribution in [0.1, 0.15) is 37.0 Å². The second kappa shape index (κ2) is 8.24. The van der Waals surface area contributed by atoms with E-state index in [1.54, 1.807) is 20.5 Å². The quantitative estimate of drug-likeness (QED) is 0.767. The molecule has 0 aliphatic heterocycles. The highest BCUT2D eigenvalue weighted by molar-refractivity contribution is 5.39. The molecule has 0 radical (unpaired) electrons. The number of benzene rings is 1. The number of methoxy groups -OCH3 is 2. The molecule has 1 saturated carbocycles. The molecule has 0 atom stereocenters. The van der Waals surface area contributed by atoms with Crippen LogP contribution >= 0.6 is 0 Å². The van der Waals surface area contributed by atoms with Crippen molar-refractivity contribution < 1.29 is 18.6 Å². The zero-order chi connectivity index (χ0) is 17.5. The zero-order valence-corrected chi connectivity index (χ0v) is 14.8. The lowest BCUT2D eigenvalue weighted by Crippen LogP contribution is -2.36. The molecule has 1 aliphatic rings. The van der Waals surface area contributed by atoms with Crippen molar-refractivity contribution >= 4 is 0 Å². The average Bonchev–Trinajstić information content (AvgIpc) is 3.19. The molecule has 0 amide bonds. The molecule has 1 fully saturated rings. The van der Waals surface area contributed by atoms with Gasteiger partial charge in [0.2, 0.25) is 0 Å². The van der Waals surface area contributed by atoms with E-state index < -0.39 is 0 Å². The third kappa shape index (κ3) is 4.07. The van der Waals surface area contributed by atoms with Gasteiger partial charge in [0.05, 0.1) is 18.0 Å². The largest absolute Gasteiger partial charge is 0.481 e.